The lowest BCUT2D eigenvalue weighted by molar-refractivity contribution is -0.146. The first-order valence-electron chi connectivity index (χ1n) is 13.4. The van der Waals surface area contributed by atoms with Crippen LogP contribution in [0, 0.1) is 28.8 Å². The van der Waals surface area contributed by atoms with Crippen LogP contribution < -0.4 is 0 Å². The van der Waals surface area contributed by atoms with Crippen molar-refractivity contribution in [1.82, 2.24) is 14.8 Å². The molecule has 10 nitrogen and oxygen atoms in total. The van der Waals surface area contributed by atoms with Crippen LogP contribution in [0.25, 0.3) is 6.08 Å². The lowest BCUT2D eigenvalue weighted by Crippen LogP contribution is -2.55. The molecule has 1 saturated heterocycles. The van der Waals surface area contributed by atoms with E-state index in [1.54, 1.807) is 25.2 Å². The number of thioether (sulfide) groups is 1. The van der Waals surface area contributed by atoms with Crippen molar-refractivity contribution in [3.63, 3.8) is 0 Å². The predicted octanol–water partition coefficient (Wildman–Crippen LogP) is 4.69. The number of nitriles is 1. The Morgan fingerprint density at radius 2 is 2.00 bits per heavy atom. The summed E-state index contributed by atoms with van der Waals surface area (Å²) in [5, 5.41) is 31.8. The zero-order valence-electron chi connectivity index (χ0n) is 23.4. The number of aliphatic hydroxyl groups excluding tert-OH is 1. The number of hydrogen-bond acceptors (Lipinski definition) is 9. The molecule has 1 unspecified atom stereocenters. The summed E-state index contributed by atoms with van der Waals surface area (Å²) in [7, 11) is 0. The number of ether oxygens (including phenoxy) is 3. The molecule has 232 valence electrons. The Balaban J connectivity index is 1.51. The number of benzene rings is 2. The van der Waals surface area contributed by atoms with Crippen LogP contribution in [0.2, 0.25) is 0 Å². The second-order valence-electron chi connectivity index (χ2n) is 9.84. The average molecular weight is 631 g/mol. The smallest absolute Gasteiger partial charge is 0.450 e. The molecule has 0 saturated carbocycles. The van der Waals surface area contributed by atoms with Gasteiger partial charge in [0.1, 0.15) is 36.2 Å². The van der Waals surface area contributed by atoms with E-state index in [1.165, 1.54) is 53.4 Å². The molecule has 3 atom stereocenters. The number of aliphatic hydroxyl groups is 1. The number of hydrogen-bond donors (Lipinski definition) is 2. The molecule has 14 heteroatoms. The topological polar surface area (TPSA) is 140 Å². The molecular weight excluding hydrogens is 601 g/mol. The minimum absolute atomic E-state index is 0.0707. The van der Waals surface area contributed by atoms with E-state index in [4.69, 9.17) is 19.5 Å². The van der Waals surface area contributed by atoms with E-state index in [0.717, 1.165) is 12.1 Å². The molecule has 0 radical (unpaired) electrons. The zero-order valence-corrected chi connectivity index (χ0v) is 24.2. The van der Waals surface area contributed by atoms with Gasteiger partial charge in [-0.25, -0.2) is 22.9 Å². The van der Waals surface area contributed by atoms with E-state index in [9.17, 15) is 23.8 Å². The Labute approximate surface area is 255 Å². The monoisotopic (exact) mass is 630 g/mol. The highest BCUT2D eigenvalue weighted by atomic mass is 32.2. The molecule has 3 aromatic rings. The van der Waals surface area contributed by atoms with Crippen molar-refractivity contribution < 1.29 is 42.4 Å². The van der Waals surface area contributed by atoms with Crippen LogP contribution in [-0.2, 0) is 26.2 Å². The number of nitrogens with zero attached hydrogens (tertiary/aromatic N) is 4. The van der Waals surface area contributed by atoms with Gasteiger partial charge < -0.3 is 24.4 Å². The van der Waals surface area contributed by atoms with Crippen molar-refractivity contribution >= 4 is 24.0 Å². The van der Waals surface area contributed by atoms with Crippen molar-refractivity contribution in [2.45, 2.75) is 41.8 Å². The van der Waals surface area contributed by atoms with Crippen LogP contribution >= 0.6 is 11.8 Å². The maximum atomic E-state index is 15.4. The van der Waals surface area contributed by atoms with Crippen LogP contribution in [0.1, 0.15) is 23.6 Å². The van der Waals surface area contributed by atoms with Gasteiger partial charge in [-0.1, -0.05) is 37.3 Å². The molecule has 44 heavy (non-hydrogen) atoms. The standard InChI is InChI=1S/C30H29F3N4O6S/c1-19(44-23-14-41-28(42-15-23)5-3-2-4-21-7-6-20(12-34)10-25(21)32)30(16-37-18-35-17-36-37,27(13-38)43-29(39)40)24-9-8-22(31)11-26(24)33/h2-11,17-19,23,27-28,38H,13-16H2,1H3,(H,39,40)/b4-2+,5-3+/t19-,23?,27+,28?,30?/m1/s1. The van der Waals surface area contributed by atoms with Crippen molar-refractivity contribution in [3.05, 3.63) is 101 Å². The Hall–Kier alpha value is -4.16. The summed E-state index contributed by atoms with van der Waals surface area (Å²) in [5.41, 5.74) is -1.12. The second kappa shape index (κ2) is 15.0. The SMILES string of the molecule is C[C@@H](SC1COC(/C=C/C=C/c2ccc(C#N)cc2F)OC1)C(Cn1cncn1)(c1ccc(F)cc1F)[C@H](CO)OC(=O)O. The van der Waals surface area contributed by atoms with Crippen molar-refractivity contribution in [2.24, 2.45) is 0 Å². The van der Waals surface area contributed by atoms with Crippen LogP contribution in [0.4, 0.5) is 18.0 Å². The van der Waals surface area contributed by atoms with Crippen molar-refractivity contribution in [2.75, 3.05) is 19.8 Å². The van der Waals surface area contributed by atoms with E-state index in [-0.39, 0.29) is 36.1 Å². The molecule has 1 fully saturated rings. The quantitative estimate of drug-likeness (QED) is 0.214. The molecule has 1 aliphatic rings. The minimum Gasteiger partial charge on any atom is -0.450 e. The van der Waals surface area contributed by atoms with Gasteiger partial charge in [0.2, 0.25) is 0 Å². The average Bonchev–Trinajstić information content (AvgIpc) is 3.51. The van der Waals surface area contributed by atoms with E-state index in [2.05, 4.69) is 10.1 Å². The predicted molar refractivity (Wildman–Crippen MR) is 154 cm³/mol. The van der Waals surface area contributed by atoms with Gasteiger partial charge in [-0.15, -0.1) is 11.8 Å². The van der Waals surface area contributed by atoms with Crippen LogP contribution in [0.3, 0.4) is 0 Å². The van der Waals surface area contributed by atoms with Gasteiger partial charge in [-0.05, 0) is 24.3 Å². The van der Waals surface area contributed by atoms with Crippen LogP contribution in [-0.4, -0.2) is 73.8 Å². The molecule has 2 N–H and O–H groups in total. The summed E-state index contributed by atoms with van der Waals surface area (Å²) in [6.07, 6.45) is 5.17. The Bertz CT molecular complexity index is 1530. The van der Waals surface area contributed by atoms with Gasteiger partial charge in [-0.2, -0.15) is 10.4 Å². The Morgan fingerprint density at radius 1 is 1.23 bits per heavy atom. The van der Waals surface area contributed by atoms with Gasteiger partial charge in [0.15, 0.2) is 6.29 Å². The summed E-state index contributed by atoms with van der Waals surface area (Å²) in [4.78, 5) is 15.6. The number of allylic oxidation sites excluding steroid dienone is 2. The maximum Gasteiger partial charge on any atom is 0.506 e. The summed E-state index contributed by atoms with van der Waals surface area (Å²) < 4.78 is 61.5. The Morgan fingerprint density at radius 3 is 2.61 bits per heavy atom. The van der Waals surface area contributed by atoms with Crippen molar-refractivity contribution in [3.8, 4) is 6.07 Å². The molecule has 0 bridgehead atoms. The molecule has 0 aliphatic carbocycles. The number of carboxylic acid groups (broad SMARTS) is 1. The molecule has 4 rings (SSSR count). The fourth-order valence-electron chi connectivity index (χ4n) is 4.99. The summed E-state index contributed by atoms with van der Waals surface area (Å²) >= 11 is 1.30. The number of rotatable bonds is 12. The van der Waals surface area contributed by atoms with E-state index < -0.39 is 53.3 Å². The first kappa shape index (κ1) is 32.7. The summed E-state index contributed by atoms with van der Waals surface area (Å²) in [6, 6.07) is 8.98. The van der Waals surface area contributed by atoms with Crippen molar-refractivity contribution in [1.29, 1.82) is 5.26 Å². The third kappa shape index (κ3) is 7.86. The molecule has 1 aromatic heterocycles. The lowest BCUT2D eigenvalue weighted by atomic mass is 9.72. The highest BCUT2D eigenvalue weighted by molar-refractivity contribution is 8.00. The maximum absolute atomic E-state index is 15.4. The third-order valence-corrected chi connectivity index (χ3v) is 8.59. The first-order chi connectivity index (χ1) is 21.2. The normalized spacial score (nSPS) is 19.8. The lowest BCUT2D eigenvalue weighted by Gasteiger charge is -2.44. The van der Waals surface area contributed by atoms with Gasteiger partial charge >= 0.3 is 6.16 Å². The number of carbonyl (C=O) groups is 1. The van der Waals surface area contributed by atoms with Gasteiger partial charge in [0.05, 0.1) is 48.7 Å². The molecular formula is C30H29F3N4O6S. The Kier molecular flexibility index (Phi) is 11.2. The molecule has 2 heterocycles. The van der Waals surface area contributed by atoms with E-state index in [0.29, 0.717) is 11.6 Å². The summed E-state index contributed by atoms with van der Waals surface area (Å²) in [6.45, 7) is 1.17. The van der Waals surface area contributed by atoms with Crippen LogP contribution in [0.5, 0.6) is 0 Å². The van der Waals surface area contributed by atoms with E-state index >= 15 is 4.39 Å². The zero-order chi connectivity index (χ0) is 31.7. The minimum atomic E-state index is -1.68. The first-order valence-corrected chi connectivity index (χ1v) is 14.3. The molecule has 0 spiro atoms. The van der Waals surface area contributed by atoms with Gasteiger partial charge in [0.25, 0.3) is 0 Å². The van der Waals surface area contributed by atoms with Crippen LogP contribution in [0.15, 0.2) is 67.3 Å². The highest BCUT2D eigenvalue weighted by Crippen LogP contribution is 2.44. The molecule has 2 aromatic carbocycles. The summed E-state index contributed by atoms with van der Waals surface area (Å²) in [5.74, 6) is -2.29. The fourth-order valence-corrected chi connectivity index (χ4v) is 6.48. The number of aromatic nitrogens is 3. The number of halogens is 3. The third-order valence-electron chi connectivity index (χ3n) is 7.11. The van der Waals surface area contributed by atoms with E-state index in [1.807, 2.05) is 6.07 Å². The highest BCUT2D eigenvalue weighted by Gasteiger charge is 2.50. The van der Waals surface area contributed by atoms with Gasteiger partial charge in [0, 0.05) is 22.4 Å². The largest absolute Gasteiger partial charge is 0.506 e. The molecule has 1 aliphatic heterocycles. The van der Waals surface area contributed by atoms with Gasteiger partial charge in [-0.3, -0.25) is 4.68 Å². The second-order valence-corrected chi connectivity index (χ2v) is 11.5. The fraction of sp³-hybridized carbons (Fsp3) is 0.333. The molecule has 0 amide bonds.